The van der Waals surface area contributed by atoms with E-state index in [9.17, 15) is 13.6 Å². The number of amides is 1. The summed E-state index contributed by atoms with van der Waals surface area (Å²) < 4.78 is 25.5. The van der Waals surface area contributed by atoms with E-state index in [4.69, 9.17) is 0 Å². The summed E-state index contributed by atoms with van der Waals surface area (Å²) in [6, 6.07) is 12.6. The number of hydrogen-bond donors (Lipinski definition) is 2. The molecule has 0 unspecified atom stereocenters. The Labute approximate surface area is 169 Å². The van der Waals surface area contributed by atoms with Crippen molar-refractivity contribution >= 4 is 33.4 Å². The van der Waals surface area contributed by atoms with E-state index in [-0.39, 0.29) is 0 Å². The summed E-state index contributed by atoms with van der Waals surface area (Å²) in [5.74, 6) is -0.384. The molecule has 0 bridgehead atoms. The van der Waals surface area contributed by atoms with Gasteiger partial charge in [0.1, 0.15) is 5.01 Å². The highest BCUT2D eigenvalue weighted by Crippen LogP contribution is 2.28. The largest absolute Gasteiger partial charge is 0.337 e. The normalized spacial score (nSPS) is 11.5. The molecule has 2 aromatic heterocycles. The molecule has 9 heteroatoms. The van der Waals surface area contributed by atoms with Gasteiger partial charge in [0.05, 0.1) is 11.0 Å². The fourth-order valence-electron chi connectivity index (χ4n) is 2.84. The molecule has 0 atom stereocenters. The predicted molar refractivity (Wildman–Crippen MR) is 108 cm³/mol. The van der Waals surface area contributed by atoms with Crippen LogP contribution in [0.5, 0.6) is 0 Å². The standard InChI is InChI=1S/C20H17F2N5OS/c1-10(2)11-3-5-12(6-4-11)19-26-27-20(29-19)25-18(28)13-7-8-14-15(9-13)24-17(23-14)16(21)22/h3-10,16H,1-2H3,(H,23,24)(H,25,27,28). The summed E-state index contributed by atoms with van der Waals surface area (Å²) in [5.41, 5.74) is 3.21. The summed E-state index contributed by atoms with van der Waals surface area (Å²) in [6.07, 6.45) is -2.70. The number of aromatic nitrogens is 4. The summed E-state index contributed by atoms with van der Waals surface area (Å²) in [7, 11) is 0. The van der Waals surface area contributed by atoms with Crippen molar-refractivity contribution in [3.63, 3.8) is 0 Å². The lowest BCUT2D eigenvalue weighted by atomic mass is 10.0. The average molecular weight is 413 g/mol. The van der Waals surface area contributed by atoms with Crippen molar-refractivity contribution in [3.8, 4) is 10.6 Å². The molecule has 2 heterocycles. The van der Waals surface area contributed by atoms with E-state index in [1.165, 1.54) is 35.1 Å². The summed E-state index contributed by atoms with van der Waals surface area (Å²) in [6.45, 7) is 4.25. The van der Waals surface area contributed by atoms with E-state index in [0.717, 1.165) is 5.56 Å². The van der Waals surface area contributed by atoms with Crippen molar-refractivity contribution in [2.45, 2.75) is 26.2 Å². The number of alkyl halides is 2. The van der Waals surface area contributed by atoms with E-state index in [0.29, 0.717) is 32.7 Å². The molecule has 4 aromatic rings. The number of hydrogen-bond acceptors (Lipinski definition) is 5. The highest BCUT2D eigenvalue weighted by Gasteiger charge is 2.16. The number of carbonyl (C=O) groups excluding carboxylic acids is 1. The van der Waals surface area contributed by atoms with Gasteiger partial charge in [0.25, 0.3) is 12.3 Å². The highest BCUT2D eigenvalue weighted by molar-refractivity contribution is 7.18. The van der Waals surface area contributed by atoms with Crippen molar-refractivity contribution in [2.75, 3.05) is 5.32 Å². The zero-order valence-electron chi connectivity index (χ0n) is 15.6. The maximum atomic E-state index is 12.8. The minimum absolute atomic E-state index is 0.306. The topological polar surface area (TPSA) is 83.6 Å². The van der Waals surface area contributed by atoms with Gasteiger partial charge in [0.15, 0.2) is 5.82 Å². The number of nitrogens with one attached hydrogen (secondary N) is 2. The Balaban J connectivity index is 1.51. The molecule has 0 saturated carbocycles. The number of fused-ring (bicyclic) bond motifs is 1. The fraction of sp³-hybridized carbons (Fsp3) is 0.200. The molecule has 6 nitrogen and oxygen atoms in total. The van der Waals surface area contributed by atoms with E-state index in [1.54, 1.807) is 0 Å². The Morgan fingerprint density at radius 1 is 1.10 bits per heavy atom. The minimum atomic E-state index is -2.70. The maximum absolute atomic E-state index is 12.8. The summed E-state index contributed by atoms with van der Waals surface area (Å²) >= 11 is 1.26. The number of nitrogens with zero attached hydrogens (tertiary/aromatic N) is 3. The van der Waals surface area contributed by atoms with Crippen LogP contribution in [0.15, 0.2) is 42.5 Å². The third-order valence-corrected chi connectivity index (χ3v) is 5.33. The number of aromatic amines is 1. The molecule has 4 rings (SSSR count). The van der Waals surface area contributed by atoms with Gasteiger partial charge >= 0.3 is 0 Å². The predicted octanol–water partition coefficient (Wildman–Crippen LogP) is 5.39. The van der Waals surface area contributed by atoms with Gasteiger partial charge in [-0.25, -0.2) is 13.8 Å². The van der Waals surface area contributed by atoms with Crippen LogP contribution in [0.2, 0.25) is 0 Å². The van der Waals surface area contributed by atoms with Gasteiger partial charge < -0.3 is 4.98 Å². The Morgan fingerprint density at radius 3 is 2.55 bits per heavy atom. The molecule has 0 fully saturated rings. The first kappa shape index (κ1) is 19.1. The second-order valence-electron chi connectivity index (χ2n) is 6.80. The van der Waals surface area contributed by atoms with Gasteiger partial charge in [-0.2, -0.15) is 0 Å². The molecular weight excluding hydrogens is 396 g/mol. The number of rotatable bonds is 5. The number of benzene rings is 2. The second-order valence-corrected chi connectivity index (χ2v) is 7.78. The Hall–Kier alpha value is -3.20. The lowest BCUT2D eigenvalue weighted by Crippen LogP contribution is -2.11. The third-order valence-electron chi connectivity index (χ3n) is 4.44. The highest BCUT2D eigenvalue weighted by atomic mass is 32.1. The lowest BCUT2D eigenvalue weighted by Gasteiger charge is -2.04. The van der Waals surface area contributed by atoms with Crippen molar-refractivity contribution < 1.29 is 13.6 Å². The number of anilines is 1. The molecule has 0 saturated heterocycles. The van der Waals surface area contributed by atoms with Gasteiger partial charge in [-0.1, -0.05) is 49.4 Å². The third kappa shape index (κ3) is 4.00. The first-order chi connectivity index (χ1) is 13.9. The quantitative estimate of drug-likeness (QED) is 0.459. The average Bonchev–Trinajstić information content (AvgIpc) is 3.34. The van der Waals surface area contributed by atoms with Gasteiger partial charge in [0.2, 0.25) is 5.13 Å². The molecule has 0 aliphatic rings. The van der Waals surface area contributed by atoms with Crippen LogP contribution in [0.3, 0.4) is 0 Å². The molecule has 2 aromatic carbocycles. The summed E-state index contributed by atoms with van der Waals surface area (Å²) in [4.78, 5) is 18.8. The maximum Gasteiger partial charge on any atom is 0.295 e. The molecule has 148 valence electrons. The van der Waals surface area contributed by atoms with Crippen LogP contribution in [-0.4, -0.2) is 26.1 Å². The van der Waals surface area contributed by atoms with Gasteiger partial charge in [-0.15, -0.1) is 10.2 Å². The SMILES string of the molecule is CC(C)c1ccc(-c2nnc(NC(=O)c3ccc4nc(C(F)F)[nH]c4c3)s2)cc1. The molecular formula is C20H17F2N5OS. The number of halogens is 2. The van der Waals surface area contributed by atoms with E-state index in [2.05, 4.69) is 39.3 Å². The fourth-order valence-corrected chi connectivity index (χ4v) is 3.59. The molecule has 0 aliphatic heterocycles. The Morgan fingerprint density at radius 2 is 1.86 bits per heavy atom. The lowest BCUT2D eigenvalue weighted by molar-refractivity contribution is 0.102. The van der Waals surface area contributed by atoms with E-state index < -0.39 is 18.2 Å². The molecule has 29 heavy (non-hydrogen) atoms. The number of H-pyrrole nitrogens is 1. The van der Waals surface area contributed by atoms with Crippen LogP contribution in [0.4, 0.5) is 13.9 Å². The van der Waals surface area contributed by atoms with Gasteiger partial charge in [-0.05, 0) is 29.7 Å². The van der Waals surface area contributed by atoms with Crippen LogP contribution in [0, 0.1) is 0 Å². The van der Waals surface area contributed by atoms with E-state index >= 15 is 0 Å². The second kappa shape index (κ2) is 7.67. The van der Waals surface area contributed by atoms with Crippen LogP contribution in [-0.2, 0) is 0 Å². The van der Waals surface area contributed by atoms with Gasteiger partial charge in [0, 0.05) is 11.1 Å². The monoisotopic (exact) mass is 413 g/mol. The smallest absolute Gasteiger partial charge is 0.295 e. The van der Waals surface area contributed by atoms with Crippen molar-refractivity contribution in [1.29, 1.82) is 0 Å². The Kier molecular flexibility index (Phi) is 5.06. The zero-order chi connectivity index (χ0) is 20.5. The minimum Gasteiger partial charge on any atom is -0.337 e. The van der Waals surface area contributed by atoms with Crippen LogP contribution >= 0.6 is 11.3 Å². The van der Waals surface area contributed by atoms with Crippen LogP contribution in [0.25, 0.3) is 21.6 Å². The molecule has 1 amide bonds. The summed E-state index contributed by atoms with van der Waals surface area (Å²) in [5, 5.41) is 11.9. The first-order valence-corrected chi connectivity index (χ1v) is 9.75. The zero-order valence-corrected chi connectivity index (χ0v) is 16.4. The number of imidazole rings is 1. The van der Waals surface area contributed by atoms with Crippen LogP contribution < -0.4 is 5.32 Å². The van der Waals surface area contributed by atoms with Gasteiger partial charge in [-0.3, -0.25) is 10.1 Å². The van der Waals surface area contributed by atoms with E-state index in [1.807, 2.05) is 24.3 Å². The van der Waals surface area contributed by atoms with Crippen molar-refractivity contribution in [2.24, 2.45) is 0 Å². The molecule has 2 N–H and O–H groups in total. The van der Waals surface area contributed by atoms with Crippen LogP contribution in [0.1, 0.15) is 47.9 Å². The van der Waals surface area contributed by atoms with Crippen molar-refractivity contribution in [1.82, 2.24) is 20.2 Å². The van der Waals surface area contributed by atoms with Crippen molar-refractivity contribution in [3.05, 3.63) is 59.4 Å². The molecule has 0 aliphatic carbocycles. The Bertz CT molecular complexity index is 1170. The number of carbonyl (C=O) groups is 1. The molecule has 0 spiro atoms. The first-order valence-electron chi connectivity index (χ1n) is 8.93. The molecule has 0 radical (unpaired) electrons.